The first kappa shape index (κ1) is 40.3. The van der Waals surface area contributed by atoms with Crippen LogP contribution in [-0.4, -0.2) is 0 Å². The highest BCUT2D eigenvalue weighted by Crippen LogP contribution is 2.57. The zero-order valence-electron chi connectivity index (χ0n) is 38.1. The molecule has 1 aliphatic carbocycles. The Balaban J connectivity index is 0.895. The molecular formula is C67H43NOS. The monoisotopic (exact) mass is 909 g/mol. The molecule has 0 atom stereocenters. The second-order valence-corrected chi connectivity index (χ2v) is 19.4. The van der Waals surface area contributed by atoms with Crippen molar-refractivity contribution in [2.75, 3.05) is 4.90 Å². The molecule has 0 radical (unpaired) electrons. The quantitative estimate of drug-likeness (QED) is 0.151. The normalized spacial score (nSPS) is 12.7. The van der Waals surface area contributed by atoms with E-state index in [0.29, 0.717) is 0 Å². The Bertz CT molecular complexity index is 4070. The minimum atomic E-state index is -0.477. The smallest absolute Gasteiger partial charge is 0.135 e. The maximum atomic E-state index is 6.24. The van der Waals surface area contributed by atoms with E-state index < -0.39 is 5.41 Å². The van der Waals surface area contributed by atoms with Gasteiger partial charge in [0.15, 0.2) is 0 Å². The Labute approximate surface area is 410 Å². The number of para-hydroxylation sites is 1. The third-order valence-corrected chi connectivity index (χ3v) is 15.8. The molecular weight excluding hydrogens is 867 g/mol. The molecule has 0 bridgehead atoms. The van der Waals surface area contributed by atoms with Crippen molar-refractivity contribution < 1.29 is 4.42 Å². The molecule has 3 heteroatoms. The Hall–Kier alpha value is -8.76. The summed E-state index contributed by atoms with van der Waals surface area (Å²) in [6.07, 6.45) is 0. The highest BCUT2D eigenvalue weighted by molar-refractivity contribution is 7.26. The molecule has 13 aromatic rings. The summed E-state index contributed by atoms with van der Waals surface area (Å²) >= 11 is 1.88. The fourth-order valence-electron chi connectivity index (χ4n) is 11.4. The molecule has 2 heterocycles. The number of anilines is 3. The van der Waals surface area contributed by atoms with Crippen LogP contribution in [0.15, 0.2) is 265 Å². The molecule has 2 nitrogen and oxygen atoms in total. The van der Waals surface area contributed by atoms with Crippen molar-refractivity contribution in [3.63, 3.8) is 0 Å². The largest absolute Gasteiger partial charge is 0.456 e. The number of benzene rings is 11. The van der Waals surface area contributed by atoms with Crippen LogP contribution in [0, 0.1) is 0 Å². The molecule has 0 spiro atoms. The van der Waals surface area contributed by atoms with Gasteiger partial charge >= 0.3 is 0 Å². The standard InChI is InChI=1S/C67H43NOS/c1-3-16-49(17-4-1)67(50-18-5-2-6-19-50)61-26-10-7-21-55(61)59-43-53(38-39-62(59)67)68(52-20-13-15-47(41-52)48-35-40-64-60(42-48)56-22-8-11-27-63(56)69-64)51-36-33-45(34-37-51)44-29-31-46(32-30-44)54-24-14-25-58-57-23-9-12-28-65(57)70-66(54)58/h1-43H. The summed E-state index contributed by atoms with van der Waals surface area (Å²) in [4.78, 5) is 2.42. The van der Waals surface area contributed by atoms with Gasteiger partial charge in [0.05, 0.1) is 5.41 Å². The van der Waals surface area contributed by atoms with Crippen LogP contribution >= 0.6 is 11.3 Å². The molecule has 328 valence electrons. The Morgan fingerprint density at radius 2 is 0.871 bits per heavy atom. The average Bonchev–Trinajstić information content (AvgIpc) is 4.10. The van der Waals surface area contributed by atoms with E-state index in [2.05, 4.69) is 254 Å². The van der Waals surface area contributed by atoms with Crippen molar-refractivity contribution in [3.8, 4) is 44.5 Å². The first-order chi connectivity index (χ1) is 34.7. The molecule has 14 rings (SSSR count). The van der Waals surface area contributed by atoms with Gasteiger partial charge in [0.2, 0.25) is 0 Å². The summed E-state index contributed by atoms with van der Waals surface area (Å²) in [7, 11) is 0. The summed E-state index contributed by atoms with van der Waals surface area (Å²) in [5, 5.41) is 4.89. The van der Waals surface area contributed by atoms with Gasteiger partial charge in [0.25, 0.3) is 0 Å². The third-order valence-electron chi connectivity index (χ3n) is 14.6. The van der Waals surface area contributed by atoms with E-state index in [-0.39, 0.29) is 0 Å². The maximum Gasteiger partial charge on any atom is 0.135 e. The van der Waals surface area contributed by atoms with E-state index in [1.165, 1.54) is 75.8 Å². The van der Waals surface area contributed by atoms with Crippen molar-refractivity contribution in [1.82, 2.24) is 0 Å². The first-order valence-corrected chi connectivity index (χ1v) is 24.8. The SMILES string of the molecule is c1ccc(C2(c3ccccc3)c3ccccc3-c3cc(N(c4ccc(-c5ccc(-c6cccc7c6sc6ccccc67)cc5)cc4)c4cccc(-c5ccc6oc7ccccc7c6c5)c4)ccc32)cc1. The van der Waals surface area contributed by atoms with Gasteiger partial charge in [-0.05, 0) is 127 Å². The van der Waals surface area contributed by atoms with E-state index >= 15 is 0 Å². The number of hydrogen-bond acceptors (Lipinski definition) is 3. The molecule has 0 saturated carbocycles. The van der Waals surface area contributed by atoms with Crippen LogP contribution < -0.4 is 4.90 Å². The molecule has 2 aromatic heterocycles. The summed E-state index contributed by atoms with van der Waals surface area (Å²) in [6, 6.07) is 95.6. The summed E-state index contributed by atoms with van der Waals surface area (Å²) < 4.78 is 8.90. The van der Waals surface area contributed by atoms with E-state index in [9.17, 15) is 0 Å². The van der Waals surface area contributed by atoms with Crippen molar-refractivity contribution in [2.45, 2.75) is 5.41 Å². The maximum absolute atomic E-state index is 6.24. The lowest BCUT2D eigenvalue weighted by Crippen LogP contribution is -2.28. The van der Waals surface area contributed by atoms with Gasteiger partial charge in [-0.1, -0.05) is 200 Å². The highest BCUT2D eigenvalue weighted by atomic mass is 32.1. The van der Waals surface area contributed by atoms with Gasteiger partial charge in [-0.3, -0.25) is 0 Å². The van der Waals surface area contributed by atoms with Crippen molar-refractivity contribution >= 4 is 70.5 Å². The number of rotatable bonds is 8. The van der Waals surface area contributed by atoms with Crippen LogP contribution in [0.5, 0.6) is 0 Å². The summed E-state index contributed by atoms with van der Waals surface area (Å²) in [5.74, 6) is 0. The number of thiophene rings is 1. The second kappa shape index (κ2) is 16.2. The third kappa shape index (κ3) is 6.32. The first-order valence-electron chi connectivity index (χ1n) is 24.0. The van der Waals surface area contributed by atoms with E-state index in [4.69, 9.17) is 4.42 Å². The van der Waals surface area contributed by atoms with Crippen molar-refractivity contribution in [1.29, 1.82) is 0 Å². The minimum absolute atomic E-state index is 0.477. The van der Waals surface area contributed by atoms with Crippen LogP contribution in [0.25, 0.3) is 86.6 Å². The molecule has 0 unspecified atom stereocenters. The topological polar surface area (TPSA) is 16.4 Å². The fraction of sp³-hybridized carbons (Fsp3) is 0.0149. The minimum Gasteiger partial charge on any atom is -0.456 e. The van der Waals surface area contributed by atoms with Crippen LogP contribution in [0.1, 0.15) is 22.3 Å². The highest BCUT2D eigenvalue weighted by Gasteiger charge is 2.46. The van der Waals surface area contributed by atoms with Crippen LogP contribution in [-0.2, 0) is 5.41 Å². The molecule has 1 aliphatic rings. The fourth-order valence-corrected chi connectivity index (χ4v) is 12.6. The van der Waals surface area contributed by atoms with Gasteiger partial charge < -0.3 is 9.32 Å². The van der Waals surface area contributed by atoms with E-state index in [0.717, 1.165) is 50.1 Å². The molecule has 11 aromatic carbocycles. The van der Waals surface area contributed by atoms with Crippen LogP contribution in [0.4, 0.5) is 17.1 Å². The predicted octanol–water partition coefficient (Wildman–Crippen LogP) is 18.8. The Kier molecular flexibility index (Phi) is 9.33. The molecule has 0 fully saturated rings. The lowest BCUT2D eigenvalue weighted by molar-refractivity contribution is 0.669. The van der Waals surface area contributed by atoms with Gasteiger partial charge in [0.1, 0.15) is 11.2 Å². The van der Waals surface area contributed by atoms with Gasteiger partial charge in [-0.25, -0.2) is 0 Å². The van der Waals surface area contributed by atoms with Gasteiger partial charge in [0, 0.05) is 48.0 Å². The van der Waals surface area contributed by atoms with E-state index in [1.54, 1.807) is 0 Å². The lowest BCUT2D eigenvalue weighted by atomic mass is 9.68. The van der Waals surface area contributed by atoms with Crippen LogP contribution in [0.3, 0.4) is 0 Å². The van der Waals surface area contributed by atoms with Gasteiger partial charge in [-0.15, -0.1) is 11.3 Å². The molecule has 0 saturated heterocycles. The van der Waals surface area contributed by atoms with Crippen molar-refractivity contribution in [2.24, 2.45) is 0 Å². The molecule has 70 heavy (non-hydrogen) atoms. The number of fused-ring (bicyclic) bond motifs is 9. The second-order valence-electron chi connectivity index (χ2n) is 18.4. The summed E-state index contributed by atoms with van der Waals surface area (Å²) in [6.45, 7) is 0. The van der Waals surface area contributed by atoms with E-state index in [1.807, 2.05) is 23.5 Å². The molecule has 0 amide bonds. The lowest BCUT2D eigenvalue weighted by Gasteiger charge is -2.34. The van der Waals surface area contributed by atoms with Crippen LogP contribution in [0.2, 0.25) is 0 Å². The van der Waals surface area contributed by atoms with Crippen molar-refractivity contribution in [3.05, 3.63) is 283 Å². The number of nitrogens with zero attached hydrogens (tertiary/aromatic N) is 1. The zero-order chi connectivity index (χ0) is 46.2. The summed E-state index contributed by atoms with van der Waals surface area (Å²) in [5.41, 5.74) is 19.3. The van der Waals surface area contributed by atoms with Gasteiger partial charge in [-0.2, -0.15) is 0 Å². The average molecular weight is 910 g/mol. The molecule has 0 N–H and O–H groups in total. The molecule has 0 aliphatic heterocycles. The predicted molar refractivity (Wildman–Crippen MR) is 295 cm³/mol. The number of hydrogen-bond donors (Lipinski definition) is 0. The number of furan rings is 1. The Morgan fingerprint density at radius 3 is 1.67 bits per heavy atom. The Morgan fingerprint density at radius 1 is 0.314 bits per heavy atom. The zero-order valence-corrected chi connectivity index (χ0v) is 38.9.